The summed E-state index contributed by atoms with van der Waals surface area (Å²) in [6, 6.07) is 2.24. The highest BCUT2D eigenvalue weighted by atomic mass is 15.2. The number of anilines is 1. The van der Waals surface area contributed by atoms with Crippen LogP contribution in [-0.4, -0.2) is 24.6 Å². The summed E-state index contributed by atoms with van der Waals surface area (Å²) in [7, 11) is 0. The highest BCUT2D eigenvalue weighted by Crippen LogP contribution is 2.30. The minimum Gasteiger partial charge on any atom is -0.371 e. The van der Waals surface area contributed by atoms with Gasteiger partial charge in [-0.25, -0.2) is 0 Å². The molecule has 1 aliphatic heterocycles. The molecule has 0 aliphatic carbocycles. The lowest BCUT2D eigenvalue weighted by atomic mass is 10.0. The van der Waals surface area contributed by atoms with Gasteiger partial charge in [-0.2, -0.15) is 0 Å². The van der Waals surface area contributed by atoms with Gasteiger partial charge < -0.3 is 10.2 Å². The molecule has 1 fully saturated rings. The molecule has 0 radical (unpaired) electrons. The van der Waals surface area contributed by atoms with E-state index in [1.165, 1.54) is 30.8 Å². The maximum Gasteiger partial charge on any atom is 0.0445 e. The molecule has 19 heavy (non-hydrogen) atoms. The molecule has 106 valence electrons. The van der Waals surface area contributed by atoms with Crippen molar-refractivity contribution in [2.24, 2.45) is 11.8 Å². The number of nitrogens with zero attached hydrogens (tertiary/aromatic N) is 2. The number of hydrogen-bond acceptors (Lipinski definition) is 3. The molecule has 2 unspecified atom stereocenters. The lowest BCUT2D eigenvalue weighted by molar-refractivity contribution is 0.494. The highest BCUT2D eigenvalue weighted by Gasteiger charge is 2.27. The Morgan fingerprint density at radius 1 is 1.32 bits per heavy atom. The SMILES string of the molecule is CCCNCc1cnc(C)cc1N1CC(C)C(C)C1. The Balaban J connectivity index is 2.15. The molecule has 1 saturated heterocycles. The Kier molecular flexibility index (Phi) is 4.81. The molecule has 2 rings (SSSR count). The van der Waals surface area contributed by atoms with Gasteiger partial charge in [0, 0.05) is 42.8 Å². The second-order valence-corrected chi connectivity index (χ2v) is 5.99. The first kappa shape index (κ1) is 14.3. The maximum atomic E-state index is 4.46. The summed E-state index contributed by atoms with van der Waals surface area (Å²) in [6.07, 6.45) is 3.22. The van der Waals surface area contributed by atoms with Crippen LogP contribution in [0.3, 0.4) is 0 Å². The zero-order chi connectivity index (χ0) is 13.8. The van der Waals surface area contributed by atoms with Crippen LogP contribution in [0.1, 0.15) is 38.4 Å². The Morgan fingerprint density at radius 2 is 2.00 bits per heavy atom. The molecule has 0 saturated carbocycles. The largest absolute Gasteiger partial charge is 0.371 e. The maximum absolute atomic E-state index is 4.46. The van der Waals surface area contributed by atoms with Crippen molar-refractivity contribution in [3.63, 3.8) is 0 Å². The lowest BCUT2D eigenvalue weighted by Crippen LogP contribution is -2.23. The van der Waals surface area contributed by atoms with E-state index in [9.17, 15) is 0 Å². The molecule has 1 aliphatic rings. The van der Waals surface area contributed by atoms with Crippen molar-refractivity contribution < 1.29 is 0 Å². The quantitative estimate of drug-likeness (QED) is 0.826. The molecule has 0 amide bonds. The fraction of sp³-hybridized carbons (Fsp3) is 0.688. The Labute approximate surface area is 117 Å². The standard InChI is InChI=1S/C16H27N3/c1-5-6-17-8-15-9-18-14(4)7-16(15)19-10-12(2)13(3)11-19/h7,9,12-13,17H,5-6,8,10-11H2,1-4H3. The van der Waals surface area contributed by atoms with Gasteiger partial charge >= 0.3 is 0 Å². The number of aromatic nitrogens is 1. The fourth-order valence-corrected chi connectivity index (χ4v) is 2.73. The second kappa shape index (κ2) is 6.38. The first-order valence-corrected chi connectivity index (χ1v) is 7.53. The average molecular weight is 261 g/mol. The highest BCUT2D eigenvalue weighted by molar-refractivity contribution is 5.54. The molecule has 3 heteroatoms. The van der Waals surface area contributed by atoms with Crippen LogP contribution in [0, 0.1) is 18.8 Å². The van der Waals surface area contributed by atoms with Gasteiger partial charge in [0.05, 0.1) is 0 Å². The number of aryl methyl sites for hydroxylation is 1. The summed E-state index contributed by atoms with van der Waals surface area (Å²) < 4.78 is 0. The van der Waals surface area contributed by atoms with Crippen molar-refractivity contribution in [3.8, 4) is 0 Å². The predicted molar refractivity (Wildman–Crippen MR) is 81.5 cm³/mol. The summed E-state index contributed by atoms with van der Waals surface area (Å²) in [5.41, 5.74) is 3.83. The zero-order valence-corrected chi connectivity index (χ0v) is 12.7. The van der Waals surface area contributed by atoms with Crippen LogP contribution >= 0.6 is 0 Å². The molecule has 0 aromatic carbocycles. The normalized spacial score (nSPS) is 23.1. The monoisotopic (exact) mass is 261 g/mol. The smallest absolute Gasteiger partial charge is 0.0445 e. The van der Waals surface area contributed by atoms with Gasteiger partial charge in [-0.1, -0.05) is 20.8 Å². The average Bonchev–Trinajstić information content (AvgIpc) is 2.71. The molecule has 0 spiro atoms. The van der Waals surface area contributed by atoms with E-state index in [1.54, 1.807) is 0 Å². The van der Waals surface area contributed by atoms with Crippen molar-refractivity contribution in [1.29, 1.82) is 0 Å². The van der Waals surface area contributed by atoms with E-state index in [1.807, 2.05) is 6.20 Å². The van der Waals surface area contributed by atoms with Gasteiger partial charge in [0.25, 0.3) is 0 Å². The summed E-state index contributed by atoms with van der Waals surface area (Å²) in [6.45, 7) is 13.3. The second-order valence-electron chi connectivity index (χ2n) is 5.99. The van der Waals surface area contributed by atoms with E-state index >= 15 is 0 Å². The minimum absolute atomic E-state index is 0.782. The third-order valence-electron chi connectivity index (χ3n) is 4.17. The predicted octanol–water partition coefficient (Wildman–Crippen LogP) is 2.98. The van der Waals surface area contributed by atoms with E-state index in [-0.39, 0.29) is 0 Å². The molecule has 2 heterocycles. The molecule has 1 aromatic rings. The third-order valence-corrected chi connectivity index (χ3v) is 4.17. The van der Waals surface area contributed by atoms with Crippen molar-refractivity contribution in [2.75, 3.05) is 24.5 Å². The van der Waals surface area contributed by atoms with E-state index in [0.29, 0.717) is 0 Å². The molecule has 3 nitrogen and oxygen atoms in total. The lowest BCUT2D eigenvalue weighted by Gasteiger charge is -2.22. The number of rotatable bonds is 5. The van der Waals surface area contributed by atoms with E-state index in [4.69, 9.17) is 0 Å². The van der Waals surface area contributed by atoms with Crippen LogP contribution in [0.2, 0.25) is 0 Å². The van der Waals surface area contributed by atoms with E-state index in [0.717, 1.165) is 30.6 Å². The van der Waals surface area contributed by atoms with Crippen LogP contribution < -0.4 is 10.2 Å². The first-order valence-electron chi connectivity index (χ1n) is 7.53. The van der Waals surface area contributed by atoms with Gasteiger partial charge in [-0.3, -0.25) is 4.98 Å². The van der Waals surface area contributed by atoms with Gasteiger partial charge in [-0.05, 0) is 37.8 Å². The van der Waals surface area contributed by atoms with Gasteiger partial charge in [0.1, 0.15) is 0 Å². The minimum atomic E-state index is 0.782. The molecule has 0 bridgehead atoms. The van der Waals surface area contributed by atoms with Gasteiger partial charge in [-0.15, -0.1) is 0 Å². The van der Waals surface area contributed by atoms with Gasteiger partial charge in [0.15, 0.2) is 0 Å². The fourth-order valence-electron chi connectivity index (χ4n) is 2.73. The zero-order valence-electron chi connectivity index (χ0n) is 12.7. The molecule has 2 atom stereocenters. The van der Waals surface area contributed by atoms with E-state index < -0.39 is 0 Å². The summed E-state index contributed by atoms with van der Waals surface area (Å²) in [5.74, 6) is 1.56. The number of pyridine rings is 1. The summed E-state index contributed by atoms with van der Waals surface area (Å²) in [5, 5.41) is 3.49. The van der Waals surface area contributed by atoms with Crippen LogP contribution in [0.15, 0.2) is 12.3 Å². The van der Waals surface area contributed by atoms with Crippen LogP contribution in [0.5, 0.6) is 0 Å². The van der Waals surface area contributed by atoms with Crippen molar-refractivity contribution in [3.05, 3.63) is 23.5 Å². The molecular weight excluding hydrogens is 234 g/mol. The van der Waals surface area contributed by atoms with Gasteiger partial charge in [0.2, 0.25) is 0 Å². The summed E-state index contributed by atoms with van der Waals surface area (Å²) >= 11 is 0. The van der Waals surface area contributed by atoms with Crippen LogP contribution in [0.25, 0.3) is 0 Å². The topological polar surface area (TPSA) is 28.2 Å². The van der Waals surface area contributed by atoms with Crippen molar-refractivity contribution >= 4 is 5.69 Å². The molecule has 1 N–H and O–H groups in total. The Hall–Kier alpha value is -1.09. The Bertz CT molecular complexity index is 406. The molecular formula is C16H27N3. The van der Waals surface area contributed by atoms with Crippen molar-refractivity contribution in [2.45, 2.75) is 40.7 Å². The van der Waals surface area contributed by atoms with E-state index in [2.05, 4.69) is 49.0 Å². The number of hydrogen-bond donors (Lipinski definition) is 1. The van der Waals surface area contributed by atoms with Crippen LogP contribution in [-0.2, 0) is 6.54 Å². The third kappa shape index (κ3) is 3.47. The molecule has 1 aromatic heterocycles. The number of nitrogens with one attached hydrogen (secondary N) is 1. The van der Waals surface area contributed by atoms with Crippen LogP contribution in [0.4, 0.5) is 5.69 Å². The summed E-state index contributed by atoms with van der Waals surface area (Å²) in [4.78, 5) is 7.00. The Morgan fingerprint density at radius 3 is 2.63 bits per heavy atom. The van der Waals surface area contributed by atoms with Crippen molar-refractivity contribution in [1.82, 2.24) is 10.3 Å². The first-order chi connectivity index (χ1) is 9.11.